The van der Waals surface area contributed by atoms with Crippen LogP contribution in [0.1, 0.15) is 17.8 Å². The van der Waals surface area contributed by atoms with Crippen molar-refractivity contribution in [3.8, 4) is 0 Å². The van der Waals surface area contributed by atoms with E-state index in [2.05, 4.69) is 28.9 Å². The van der Waals surface area contributed by atoms with E-state index >= 15 is 0 Å². The summed E-state index contributed by atoms with van der Waals surface area (Å²) in [6, 6.07) is 4.54. The Balaban J connectivity index is 2.24. The molecule has 1 fully saturated rings. The van der Waals surface area contributed by atoms with E-state index < -0.39 is 0 Å². The highest BCUT2D eigenvalue weighted by Crippen LogP contribution is 2.22. The Kier molecular flexibility index (Phi) is 2.42. The maximum atomic E-state index is 5.88. The van der Waals surface area contributed by atoms with Crippen molar-refractivity contribution in [3.63, 3.8) is 0 Å². The van der Waals surface area contributed by atoms with E-state index in [1.165, 1.54) is 5.69 Å². The second-order valence-corrected chi connectivity index (χ2v) is 4.05. The van der Waals surface area contributed by atoms with Crippen LogP contribution < -0.4 is 10.6 Å². The van der Waals surface area contributed by atoms with Gasteiger partial charge >= 0.3 is 0 Å². The summed E-state index contributed by atoms with van der Waals surface area (Å²) in [5.74, 6) is 0. The molecule has 1 atom stereocenters. The lowest BCUT2D eigenvalue weighted by atomic mass is 10.2. The third-order valence-corrected chi connectivity index (χ3v) is 2.76. The molecule has 76 valence electrons. The fourth-order valence-electron chi connectivity index (χ4n) is 2.02. The average Bonchev–Trinajstić information content (AvgIpc) is 2.51. The molecule has 3 heteroatoms. The predicted molar refractivity (Wildman–Crippen MR) is 58.5 cm³/mol. The second-order valence-electron chi connectivity index (χ2n) is 4.05. The molecule has 2 N–H and O–H groups in total. The average molecular weight is 191 g/mol. The highest BCUT2D eigenvalue weighted by atomic mass is 15.2. The fraction of sp³-hybridized carbons (Fsp3) is 0.545. The molecule has 0 radical (unpaired) electrons. The SMILES string of the molecule is Cc1ccc(N2CCC(N)C2)c(C)n1. The van der Waals surface area contributed by atoms with Crippen molar-refractivity contribution in [1.29, 1.82) is 0 Å². The summed E-state index contributed by atoms with van der Waals surface area (Å²) >= 11 is 0. The van der Waals surface area contributed by atoms with Crippen molar-refractivity contribution < 1.29 is 0 Å². The summed E-state index contributed by atoms with van der Waals surface area (Å²) in [7, 11) is 0. The van der Waals surface area contributed by atoms with Crippen molar-refractivity contribution in [3.05, 3.63) is 23.5 Å². The molecule has 1 unspecified atom stereocenters. The first kappa shape index (κ1) is 9.46. The number of hydrogen-bond donors (Lipinski definition) is 1. The van der Waals surface area contributed by atoms with E-state index in [1.807, 2.05) is 6.92 Å². The van der Waals surface area contributed by atoms with Crippen LogP contribution in [0, 0.1) is 13.8 Å². The van der Waals surface area contributed by atoms with Crippen molar-refractivity contribution in [2.45, 2.75) is 26.3 Å². The van der Waals surface area contributed by atoms with E-state index in [9.17, 15) is 0 Å². The van der Waals surface area contributed by atoms with Crippen LogP contribution in [0.3, 0.4) is 0 Å². The zero-order valence-corrected chi connectivity index (χ0v) is 8.83. The first-order chi connectivity index (χ1) is 6.66. The van der Waals surface area contributed by atoms with Crippen LogP contribution in [0.5, 0.6) is 0 Å². The van der Waals surface area contributed by atoms with E-state index in [4.69, 9.17) is 5.73 Å². The molecular weight excluding hydrogens is 174 g/mol. The van der Waals surface area contributed by atoms with Gasteiger partial charge in [-0.2, -0.15) is 0 Å². The van der Waals surface area contributed by atoms with Gasteiger partial charge in [0.25, 0.3) is 0 Å². The lowest BCUT2D eigenvalue weighted by Crippen LogP contribution is -2.26. The van der Waals surface area contributed by atoms with Crippen LogP contribution in [-0.4, -0.2) is 24.1 Å². The number of pyridine rings is 1. The second kappa shape index (κ2) is 3.58. The molecule has 2 rings (SSSR count). The van der Waals surface area contributed by atoms with Crippen LogP contribution in [-0.2, 0) is 0 Å². The first-order valence-electron chi connectivity index (χ1n) is 5.11. The molecule has 1 aliphatic rings. The van der Waals surface area contributed by atoms with Gasteiger partial charge in [-0.1, -0.05) is 0 Å². The monoisotopic (exact) mass is 191 g/mol. The number of anilines is 1. The number of aromatic nitrogens is 1. The lowest BCUT2D eigenvalue weighted by Gasteiger charge is -2.19. The largest absolute Gasteiger partial charge is 0.368 e. The third kappa shape index (κ3) is 1.73. The number of nitrogens with two attached hydrogens (primary N) is 1. The van der Waals surface area contributed by atoms with E-state index in [0.717, 1.165) is 30.9 Å². The number of rotatable bonds is 1. The van der Waals surface area contributed by atoms with Crippen molar-refractivity contribution in [1.82, 2.24) is 4.98 Å². The van der Waals surface area contributed by atoms with Gasteiger partial charge in [0.05, 0.1) is 11.4 Å². The molecule has 0 aliphatic carbocycles. The van der Waals surface area contributed by atoms with Crippen LogP contribution in [0.2, 0.25) is 0 Å². The normalized spacial score (nSPS) is 21.6. The minimum absolute atomic E-state index is 0.329. The fourth-order valence-corrected chi connectivity index (χ4v) is 2.02. The topological polar surface area (TPSA) is 42.1 Å². The molecule has 0 spiro atoms. The van der Waals surface area contributed by atoms with Crippen molar-refractivity contribution in [2.24, 2.45) is 5.73 Å². The molecule has 1 saturated heterocycles. The number of nitrogens with zero attached hydrogens (tertiary/aromatic N) is 2. The van der Waals surface area contributed by atoms with Gasteiger partial charge in [0, 0.05) is 24.8 Å². The molecule has 0 saturated carbocycles. The number of hydrogen-bond acceptors (Lipinski definition) is 3. The van der Waals surface area contributed by atoms with Crippen LogP contribution in [0.15, 0.2) is 12.1 Å². The lowest BCUT2D eigenvalue weighted by molar-refractivity contribution is 0.752. The van der Waals surface area contributed by atoms with Gasteiger partial charge in [0.15, 0.2) is 0 Å². The molecular formula is C11H17N3. The van der Waals surface area contributed by atoms with Gasteiger partial charge < -0.3 is 10.6 Å². The minimum Gasteiger partial charge on any atom is -0.368 e. The van der Waals surface area contributed by atoms with Crippen LogP contribution in [0.25, 0.3) is 0 Å². The Bertz CT molecular complexity index is 335. The standard InChI is InChI=1S/C11H17N3/c1-8-3-4-11(9(2)13-8)14-6-5-10(12)7-14/h3-4,10H,5-7,12H2,1-2H3. The summed E-state index contributed by atoms with van der Waals surface area (Å²) in [4.78, 5) is 6.79. The molecule has 0 bridgehead atoms. The van der Waals surface area contributed by atoms with Gasteiger partial charge in [0.2, 0.25) is 0 Å². The number of aryl methyl sites for hydroxylation is 2. The smallest absolute Gasteiger partial charge is 0.0608 e. The summed E-state index contributed by atoms with van der Waals surface area (Å²) in [6.45, 7) is 6.11. The molecule has 1 aliphatic heterocycles. The highest BCUT2D eigenvalue weighted by Gasteiger charge is 2.20. The Hall–Kier alpha value is -1.09. The Morgan fingerprint density at radius 2 is 2.21 bits per heavy atom. The summed E-state index contributed by atoms with van der Waals surface area (Å²) in [5, 5.41) is 0. The Morgan fingerprint density at radius 3 is 2.79 bits per heavy atom. The van der Waals surface area contributed by atoms with E-state index in [1.54, 1.807) is 0 Å². The minimum atomic E-state index is 0.329. The molecule has 1 aromatic rings. The third-order valence-electron chi connectivity index (χ3n) is 2.76. The van der Waals surface area contributed by atoms with Crippen LogP contribution >= 0.6 is 0 Å². The van der Waals surface area contributed by atoms with Gasteiger partial charge in [-0.3, -0.25) is 4.98 Å². The van der Waals surface area contributed by atoms with Gasteiger partial charge in [-0.05, 0) is 32.4 Å². The molecule has 3 nitrogen and oxygen atoms in total. The van der Waals surface area contributed by atoms with E-state index in [0.29, 0.717) is 6.04 Å². The molecule has 0 amide bonds. The first-order valence-corrected chi connectivity index (χ1v) is 5.11. The van der Waals surface area contributed by atoms with Gasteiger partial charge in [-0.15, -0.1) is 0 Å². The van der Waals surface area contributed by atoms with E-state index in [-0.39, 0.29) is 0 Å². The Morgan fingerprint density at radius 1 is 1.43 bits per heavy atom. The summed E-state index contributed by atoms with van der Waals surface area (Å²) in [6.07, 6.45) is 1.09. The summed E-state index contributed by atoms with van der Waals surface area (Å²) < 4.78 is 0. The molecule has 14 heavy (non-hydrogen) atoms. The molecule has 0 aromatic carbocycles. The van der Waals surface area contributed by atoms with Crippen molar-refractivity contribution >= 4 is 5.69 Å². The molecule has 2 heterocycles. The maximum absolute atomic E-state index is 5.88. The van der Waals surface area contributed by atoms with Gasteiger partial charge in [0.1, 0.15) is 0 Å². The molecule has 1 aromatic heterocycles. The predicted octanol–water partition coefficient (Wildman–Crippen LogP) is 1.24. The summed E-state index contributed by atoms with van der Waals surface area (Å²) in [5.41, 5.74) is 9.31. The van der Waals surface area contributed by atoms with Crippen molar-refractivity contribution in [2.75, 3.05) is 18.0 Å². The quantitative estimate of drug-likeness (QED) is 0.726. The zero-order chi connectivity index (χ0) is 10.1. The van der Waals surface area contributed by atoms with Gasteiger partial charge in [-0.25, -0.2) is 0 Å². The van der Waals surface area contributed by atoms with Crippen LogP contribution in [0.4, 0.5) is 5.69 Å². The maximum Gasteiger partial charge on any atom is 0.0608 e. The highest BCUT2D eigenvalue weighted by molar-refractivity contribution is 5.51. The Labute approximate surface area is 84.9 Å². The zero-order valence-electron chi connectivity index (χ0n) is 8.83.